The van der Waals surface area contributed by atoms with E-state index in [9.17, 15) is 8.78 Å². The van der Waals surface area contributed by atoms with Gasteiger partial charge in [0.2, 0.25) is 0 Å². The number of hydrogen-bond acceptors (Lipinski definition) is 1. The van der Waals surface area contributed by atoms with Crippen LogP contribution in [0.5, 0.6) is 0 Å². The van der Waals surface area contributed by atoms with Crippen LogP contribution in [0.3, 0.4) is 0 Å². The molecule has 0 aliphatic carbocycles. The van der Waals surface area contributed by atoms with Gasteiger partial charge in [0, 0.05) is 19.0 Å². The normalized spacial score (nSPS) is 12.6. The summed E-state index contributed by atoms with van der Waals surface area (Å²) in [5.41, 5.74) is 2.39. The summed E-state index contributed by atoms with van der Waals surface area (Å²) in [5, 5.41) is 5.70. The molecule has 0 unspecified atom stereocenters. The fourth-order valence-electron chi connectivity index (χ4n) is 1.99. The van der Waals surface area contributed by atoms with Crippen LogP contribution in [0.25, 0.3) is 0 Å². The van der Waals surface area contributed by atoms with Crippen molar-refractivity contribution in [1.82, 2.24) is 10.6 Å². The lowest BCUT2D eigenvalue weighted by atomic mass is 9.84. The first-order chi connectivity index (χ1) is 9.89. The zero-order chi connectivity index (χ0) is 15.9. The van der Waals surface area contributed by atoms with E-state index in [2.05, 4.69) is 60.7 Å². The van der Waals surface area contributed by atoms with E-state index in [0.717, 1.165) is 6.42 Å². The van der Waals surface area contributed by atoms with Crippen molar-refractivity contribution in [3.05, 3.63) is 35.4 Å². The molecule has 0 spiro atoms. The summed E-state index contributed by atoms with van der Waals surface area (Å²) < 4.78 is 24.4. The Labute approximate surface area is 125 Å². The van der Waals surface area contributed by atoms with Crippen LogP contribution in [0.2, 0.25) is 0 Å². The zero-order valence-corrected chi connectivity index (χ0v) is 13.2. The maximum absolute atomic E-state index is 12.2. The summed E-state index contributed by atoms with van der Waals surface area (Å²) in [6, 6.07) is 8.49. The molecule has 0 bridgehead atoms. The van der Waals surface area contributed by atoms with Crippen LogP contribution in [-0.4, -0.2) is 32.5 Å². The fraction of sp³-hybridized carbons (Fsp3) is 0.562. The third-order valence-corrected chi connectivity index (χ3v) is 3.49. The number of aryl methyl sites for hydroxylation is 1. The topological polar surface area (TPSA) is 36.4 Å². The summed E-state index contributed by atoms with van der Waals surface area (Å²) in [6.07, 6.45) is -1.37. The highest BCUT2D eigenvalue weighted by Gasteiger charge is 2.21. The van der Waals surface area contributed by atoms with Crippen molar-refractivity contribution in [1.29, 1.82) is 0 Å². The average molecular weight is 297 g/mol. The third kappa shape index (κ3) is 5.69. The van der Waals surface area contributed by atoms with E-state index in [-0.39, 0.29) is 5.41 Å². The van der Waals surface area contributed by atoms with Crippen molar-refractivity contribution in [3.8, 4) is 0 Å². The molecule has 5 heteroatoms. The zero-order valence-electron chi connectivity index (χ0n) is 13.2. The van der Waals surface area contributed by atoms with E-state index in [1.807, 2.05) is 0 Å². The second-order valence-corrected chi connectivity index (χ2v) is 5.63. The molecule has 0 amide bonds. The maximum Gasteiger partial charge on any atom is 0.255 e. The van der Waals surface area contributed by atoms with Crippen molar-refractivity contribution in [3.63, 3.8) is 0 Å². The van der Waals surface area contributed by atoms with Crippen LogP contribution in [-0.2, 0) is 11.8 Å². The van der Waals surface area contributed by atoms with Gasteiger partial charge in [0.25, 0.3) is 6.43 Å². The van der Waals surface area contributed by atoms with E-state index in [1.54, 1.807) is 7.05 Å². The van der Waals surface area contributed by atoms with Crippen molar-refractivity contribution in [2.45, 2.75) is 39.0 Å². The Hall–Kier alpha value is -1.65. The molecular formula is C16H25F2N3. The smallest absolute Gasteiger partial charge is 0.255 e. The standard InChI is InChI=1S/C16H25F2N3/c1-5-12-6-8-13(9-7-12)16(2,3)11-21-15(19-4)20-10-14(17)18/h6-9,14H,5,10-11H2,1-4H3,(H2,19,20,21). The van der Waals surface area contributed by atoms with Crippen LogP contribution in [0.4, 0.5) is 8.78 Å². The van der Waals surface area contributed by atoms with Gasteiger partial charge in [-0.25, -0.2) is 8.78 Å². The molecule has 21 heavy (non-hydrogen) atoms. The molecule has 0 saturated carbocycles. The first-order valence-corrected chi connectivity index (χ1v) is 7.21. The number of hydrogen-bond donors (Lipinski definition) is 2. The van der Waals surface area contributed by atoms with Gasteiger partial charge in [-0.3, -0.25) is 4.99 Å². The molecule has 118 valence electrons. The van der Waals surface area contributed by atoms with Crippen molar-refractivity contribution >= 4 is 5.96 Å². The highest BCUT2D eigenvalue weighted by molar-refractivity contribution is 5.79. The first kappa shape index (κ1) is 17.4. The molecule has 0 aliphatic heterocycles. The lowest BCUT2D eigenvalue weighted by Crippen LogP contribution is -2.44. The molecule has 0 atom stereocenters. The van der Waals surface area contributed by atoms with Gasteiger partial charge in [-0.05, 0) is 17.5 Å². The number of guanidine groups is 1. The number of nitrogens with one attached hydrogen (secondary N) is 2. The SMILES string of the molecule is CCc1ccc(C(C)(C)CNC(=NC)NCC(F)F)cc1. The van der Waals surface area contributed by atoms with E-state index >= 15 is 0 Å². The minimum absolute atomic E-state index is 0.116. The molecule has 3 nitrogen and oxygen atoms in total. The Kier molecular flexibility index (Phi) is 6.59. The van der Waals surface area contributed by atoms with Gasteiger partial charge in [0.05, 0.1) is 6.54 Å². The third-order valence-electron chi connectivity index (χ3n) is 3.49. The van der Waals surface area contributed by atoms with Crippen LogP contribution in [0, 0.1) is 0 Å². The monoisotopic (exact) mass is 297 g/mol. The molecule has 0 fully saturated rings. The van der Waals surface area contributed by atoms with E-state index in [0.29, 0.717) is 12.5 Å². The van der Waals surface area contributed by atoms with Gasteiger partial charge in [-0.15, -0.1) is 0 Å². The number of alkyl halides is 2. The second kappa shape index (κ2) is 7.96. The van der Waals surface area contributed by atoms with Gasteiger partial charge in [0.1, 0.15) is 0 Å². The molecule has 2 N–H and O–H groups in total. The Morgan fingerprint density at radius 3 is 2.29 bits per heavy atom. The molecule has 1 aromatic rings. The Bertz CT molecular complexity index is 453. The van der Waals surface area contributed by atoms with Crippen LogP contribution >= 0.6 is 0 Å². The lowest BCUT2D eigenvalue weighted by Gasteiger charge is -2.27. The van der Waals surface area contributed by atoms with Crippen molar-refractivity contribution in [2.75, 3.05) is 20.1 Å². The largest absolute Gasteiger partial charge is 0.356 e. The minimum Gasteiger partial charge on any atom is -0.356 e. The highest BCUT2D eigenvalue weighted by atomic mass is 19.3. The number of rotatable bonds is 6. The number of halogens is 2. The van der Waals surface area contributed by atoms with Crippen LogP contribution in [0.1, 0.15) is 31.9 Å². The summed E-state index contributed by atoms with van der Waals surface area (Å²) in [5.74, 6) is 0.397. The minimum atomic E-state index is -2.39. The quantitative estimate of drug-likeness (QED) is 0.625. The molecule has 0 heterocycles. The predicted octanol–water partition coefficient (Wildman–Crippen LogP) is 2.96. The molecule has 0 aromatic heterocycles. The Morgan fingerprint density at radius 2 is 1.81 bits per heavy atom. The highest BCUT2D eigenvalue weighted by Crippen LogP contribution is 2.22. The van der Waals surface area contributed by atoms with Gasteiger partial charge in [-0.1, -0.05) is 45.0 Å². The number of benzene rings is 1. The van der Waals surface area contributed by atoms with E-state index < -0.39 is 13.0 Å². The molecule has 1 rings (SSSR count). The summed E-state index contributed by atoms with van der Waals surface area (Å²) in [7, 11) is 1.57. The second-order valence-electron chi connectivity index (χ2n) is 5.63. The van der Waals surface area contributed by atoms with Gasteiger partial charge < -0.3 is 10.6 Å². The Balaban J connectivity index is 2.62. The van der Waals surface area contributed by atoms with Crippen molar-refractivity contribution in [2.24, 2.45) is 4.99 Å². The summed E-state index contributed by atoms with van der Waals surface area (Å²) in [6.45, 7) is 6.57. The molecular weight excluding hydrogens is 272 g/mol. The number of nitrogens with zero attached hydrogens (tertiary/aromatic N) is 1. The molecule has 0 aliphatic rings. The average Bonchev–Trinajstić information content (AvgIpc) is 2.47. The summed E-state index contributed by atoms with van der Waals surface area (Å²) >= 11 is 0. The van der Waals surface area contributed by atoms with Crippen molar-refractivity contribution < 1.29 is 8.78 Å². The van der Waals surface area contributed by atoms with E-state index in [4.69, 9.17) is 0 Å². The maximum atomic E-state index is 12.2. The molecule has 0 saturated heterocycles. The molecule has 1 aromatic carbocycles. The van der Waals surface area contributed by atoms with Gasteiger partial charge >= 0.3 is 0 Å². The van der Waals surface area contributed by atoms with Crippen LogP contribution in [0.15, 0.2) is 29.3 Å². The van der Waals surface area contributed by atoms with E-state index in [1.165, 1.54) is 11.1 Å². The van der Waals surface area contributed by atoms with Crippen LogP contribution < -0.4 is 10.6 Å². The van der Waals surface area contributed by atoms with Gasteiger partial charge in [-0.2, -0.15) is 0 Å². The first-order valence-electron chi connectivity index (χ1n) is 7.21. The Morgan fingerprint density at radius 1 is 1.19 bits per heavy atom. The lowest BCUT2D eigenvalue weighted by molar-refractivity contribution is 0.152. The summed E-state index contributed by atoms with van der Waals surface area (Å²) in [4.78, 5) is 3.95. The van der Waals surface area contributed by atoms with Gasteiger partial charge in [0.15, 0.2) is 5.96 Å². The predicted molar refractivity (Wildman–Crippen MR) is 84.2 cm³/mol. The number of aliphatic imine (C=N–C) groups is 1. The fourth-order valence-corrected chi connectivity index (χ4v) is 1.99. The molecule has 0 radical (unpaired) electrons.